The normalized spacial score (nSPS) is 11.4. The van der Waals surface area contributed by atoms with Gasteiger partial charge in [0, 0.05) is 11.9 Å². The Morgan fingerprint density at radius 3 is 2.83 bits per heavy atom. The minimum absolute atomic E-state index is 0.834. The lowest BCUT2D eigenvalue weighted by atomic mass is 10.2. The quantitative estimate of drug-likeness (QED) is 0.697. The van der Waals surface area contributed by atoms with Gasteiger partial charge >= 0.3 is 0 Å². The van der Waals surface area contributed by atoms with Gasteiger partial charge in [0.2, 0.25) is 0 Å². The average molecular weight is 239 g/mol. The molecule has 1 aromatic carbocycles. The lowest BCUT2D eigenvalue weighted by molar-refractivity contribution is 0.664. The average Bonchev–Trinajstić information content (AvgIpc) is 2.70. The molecule has 0 saturated heterocycles. The zero-order valence-corrected chi connectivity index (χ0v) is 10.8. The predicted octanol–water partition coefficient (Wildman–Crippen LogP) is 3.69. The molecular weight excluding hydrogens is 222 g/mol. The van der Waals surface area contributed by atoms with Crippen molar-refractivity contribution >= 4 is 21.9 Å². The molecule has 0 atom stereocenters. The van der Waals surface area contributed by atoms with E-state index < -0.39 is 0 Å². The number of rotatable bonds is 3. The summed E-state index contributed by atoms with van der Waals surface area (Å²) in [4.78, 5) is 8.94. The number of aromatic nitrogens is 3. The standard InChI is InChI=1S/C15H17N3/c1-3-4-9-18-13-8-6-5-7-12(13)15-14(18)10-16-11(2)17-15/h5-8,10H,3-4,9H2,1-2H3. The first-order chi connectivity index (χ1) is 8.81. The third-order valence-corrected chi connectivity index (χ3v) is 3.37. The molecule has 0 bridgehead atoms. The van der Waals surface area contributed by atoms with E-state index in [2.05, 4.69) is 45.7 Å². The number of hydrogen-bond donors (Lipinski definition) is 0. The van der Waals surface area contributed by atoms with Crippen molar-refractivity contribution in [1.82, 2.24) is 14.5 Å². The number of aryl methyl sites for hydroxylation is 2. The smallest absolute Gasteiger partial charge is 0.126 e. The van der Waals surface area contributed by atoms with E-state index in [4.69, 9.17) is 0 Å². The highest BCUT2D eigenvalue weighted by Gasteiger charge is 2.11. The van der Waals surface area contributed by atoms with Gasteiger partial charge < -0.3 is 4.57 Å². The fourth-order valence-corrected chi connectivity index (χ4v) is 2.46. The summed E-state index contributed by atoms with van der Waals surface area (Å²) in [6, 6.07) is 8.47. The van der Waals surface area contributed by atoms with E-state index >= 15 is 0 Å². The summed E-state index contributed by atoms with van der Waals surface area (Å²) in [7, 11) is 0. The molecule has 18 heavy (non-hydrogen) atoms. The number of unbranched alkanes of at least 4 members (excludes halogenated alkanes) is 1. The molecule has 92 valence electrons. The molecule has 0 fully saturated rings. The fourth-order valence-electron chi connectivity index (χ4n) is 2.46. The van der Waals surface area contributed by atoms with Crippen molar-refractivity contribution in [1.29, 1.82) is 0 Å². The van der Waals surface area contributed by atoms with Gasteiger partial charge in [-0.15, -0.1) is 0 Å². The largest absolute Gasteiger partial charge is 0.338 e. The molecule has 0 spiro atoms. The summed E-state index contributed by atoms with van der Waals surface area (Å²) in [5, 5.41) is 1.23. The number of hydrogen-bond acceptors (Lipinski definition) is 2. The van der Waals surface area contributed by atoms with Gasteiger partial charge in [-0.1, -0.05) is 31.5 Å². The van der Waals surface area contributed by atoms with Gasteiger partial charge in [-0.3, -0.25) is 0 Å². The molecule has 0 N–H and O–H groups in total. The molecule has 0 aliphatic rings. The molecule has 0 radical (unpaired) electrons. The monoisotopic (exact) mass is 239 g/mol. The van der Waals surface area contributed by atoms with Crippen LogP contribution >= 0.6 is 0 Å². The third kappa shape index (κ3) is 1.67. The Morgan fingerprint density at radius 1 is 1.17 bits per heavy atom. The maximum atomic E-state index is 4.60. The van der Waals surface area contributed by atoms with Crippen molar-refractivity contribution in [2.75, 3.05) is 0 Å². The second kappa shape index (κ2) is 4.41. The molecule has 2 aromatic heterocycles. The molecule has 0 amide bonds. The van der Waals surface area contributed by atoms with Crippen LogP contribution in [0, 0.1) is 6.92 Å². The topological polar surface area (TPSA) is 30.7 Å². The summed E-state index contributed by atoms with van der Waals surface area (Å²) >= 11 is 0. The molecule has 2 heterocycles. The van der Waals surface area contributed by atoms with Gasteiger partial charge in [-0.2, -0.15) is 0 Å². The predicted molar refractivity (Wildman–Crippen MR) is 74.7 cm³/mol. The minimum atomic E-state index is 0.834. The first kappa shape index (κ1) is 11.2. The summed E-state index contributed by atoms with van der Waals surface area (Å²) in [6.07, 6.45) is 4.33. The second-order valence-corrected chi connectivity index (χ2v) is 4.67. The highest BCUT2D eigenvalue weighted by atomic mass is 15.0. The number of benzene rings is 1. The van der Waals surface area contributed by atoms with Gasteiger partial charge in [0.15, 0.2) is 0 Å². The lowest BCUT2D eigenvalue weighted by Gasteiger charge is -2.05. The van der Waals surface area contributed by atoms with Crippen LogP contribution in [0.15, 0.2) is 30.5 Å². The number of nitrogens with zero attached hydrogens (tertiary/aromatic N) is 3. The Morgan fingerprint density at radius 2 is 2.00 bits per heavy atom. The number of para-hydroxylation sites is 1. The molecule has 0 aliphatic carbocycles. The van der Waals surface area contributed by atoms with Gasteiger partial charge in [-0.05, 0) is 19.4 Å². The molecule has 3 heteroatoms. The van der Waals surface area contributed by atoms with Crippen molar-refractivity contribution in [3.05, 3.63) is 36.3 Å². The van der Waals surface area contributed by atoms with E-state index in [1.54, 1.807) is 0 Å². The summed E-state index contributed by atoms with van der Waals surface area (Å²) in [6.45, 7) is 5.19. The van der Waals surface area contributed by atoms with Gasteiger partial charge in [0.05, 0.1) is 22.7 Å². The fraction of sp³-hybridized carbons (Fsp3) is 0.333. The van der Waals surface area contributed by atoms with Crippen molar-refractivity contribution in [3.63, 3.8) is 0 Å². The maximum Gasteiger partial charge on any atom is 0.126 e. The van der Waals surface area contributed by atoms with E-state index in [1.807, 2.05) is 13.1 Å². The highest BCUT2D eigenvalue weighted by Crippen LogP contribution is 2.27. The van der Waals surface area contributed by atoms with Crippen molar-refractivity contribution in [2.45, 2.75) is 33.2 Å². The van der Waals surface area contributed by atoms with Crippen LogP contribution in [0.5, 0.6) is 0 Å². The Kier molecular flexibility index (Phi) is 2.74. The van der Waals surface area contributed by atoms with Crippen LogP contribution in [0.2, 0.25) is 0 Å². The van der Waals surface area contributed by atoms with Crippen LogP contribution in [-0.2, 0) is 6.54 Å². The zero-order chi connectivity index (χ0) is 12.5. The Balaban J connectivity index is 2.34. The SMILES string of the molecule is CCCCn1c2ccccc2c2nc(C)ncc21. The molecule has 0 unspecified atom stereocenters. The number of fused-ring (bicyclic) bond motifs is 3. The summed E-state index contributed by atoms with van der Waals surface area (Å²) < 4.78 is 2.34. The zero-order valence-electron chi connectivity index (χ0n) is 10.8. The third-order valence-electron chi connectivity index (χ3n) is 3.37. The molecule has 0 saturated carbocycles. The van der Waals surface area contributed by atoms with Crippen LogP contribution in [0.1, 0.15) is 25.6 Å². The van der Waals surface area contributed by atoms with Crippen LogP contribution in [0.4, 0.5) is 0 Å². The van der Waals surface area contributed by atoms with Gasteiger partial charge in [-0.25, -0.2) is 9.97 Å². The van der Waals surface area contributed by atoms with Gasteiger partial charge in [0.1, 0.15) is 5.82 Å². The van der Waals surface area contributed by atoms with E-state index in [-0.39, 0.29) is 0 Å². The highest BCUT2D eigenvalue weighted by molar-refractivity contribution is 6.05. The minimum Gasteiger partial charge on any atom is -0.338 e. The van der Waals surface area contributed by atoms with Crippen molar-refractivity contribution in [2.24, 2.45) is 0 Å². The van der Waals surface area contributed by atoms with Crippen LogP contribution < -0.4 is 0 Å². The van der Waals surface area contributed by atoms with E-state index in [0.29, 0.717) is 0 Å². The lowest BCUT2D eigenvalue weighted by Crippen LogP contribution is -1.98. The molecule has 0 aliphatic heterocycles. The Labute approximate surface area is 106 Å². The maximum absolute atomic E-state index is 4.60. The Hall–Kier alpha value is -1.90. The first-order valence-electron chi connectivity index (χ1n) is 6.52. The van der Waals surface area contributed by atoms with E-state index in [9.17, 15) is 0 Å². The molecule has 3 aromatic rings. The van der Waals surface area contributed by atoms with Crippen molar-refractivity contribution < 1.29 is 0 Å². The second-order valence-electron chi connectivity index (χ2n) is 4.67. The van der Waals surface area contributed by atoms with Gasteiger partial charge in [0.25, 0.3) is 0 Å². The van der Waals surface area contributed by atoms with Crippen LogP contribution in [0.3, 0.4) is 0 Å². The summed E-state index contributed by atoms with van der Waals surface area (Å²) in [5.74, 6) is 0.834. The molecular formula is C15H17N3. The van der Waals surface area contributed by atoms with Crippen molar-refractivity contribution in [3.8, 4) is 0 Å². The van der Waals surface area contributed by atoms with E-state index in [0.717, 1.165) is 23.4 Å². The van der Waals surface area contributed by atoms with Crippen LogP contribution in [0.25, 0.3) is 21.9 Å². The van der Waals surface area contributed by atoms with Crippen LogP contribution in [-0.4, -0.2) is 14.5 Å². The van der Waals surface area contributed by atoms with E-state index in [1.165, 1.54) is 23.7 Å². The molecule has 3 nitrogen and oxygen atoms in total. The molecule has 3 rings (SSSR count). The summed E-state index contributed by atoms with van der Waals surface area (Å²) in [5.41, 5.74) is 3.49. The first-order valence-corrected chi connectivity index (χ1v) is 6.52. The Bertz CT molecular complexity index is 697.